The molecule has 1 aliphatic heterocycles. The second kappa shape index (κ2) is 9.74. The molecule has 2 fully saturated rings. The summed E-state index contributed by atoms with van der Waals surface area (Å²) in [5.41, 5.74) is 2.32. The molecule has 0 N–H and O–H groups in total. The minimum atomic E-state index is -0.672. The molecule has 0 spiro atoms. The van der Waals surface area contributed by atoms with Crippen molar-refractivity contribution in [3.63, 3.8) is 0 Å². The van der Waals surface area contributed by atoms with Crippen LogP contribution in [0.25, 0.3) is 0 Å². The molecule has 1 heterocycles. The van der Waals surface area contributed by atoms with Gasteiger partial charge in [0.25, 0.3) is 0 Å². The maximum Gasteiger partial charge on any atom is 0.341 e. The average molecular weight is 472 g/mol. The number of likely N-dealkylation sites (tertiary alicyclic amines) is 1. The van der Waals surface area contributed by atoms with E-state index >= 15 is 4.39 Å². The van der Waals surface area contributed by atoms with Crippen LogP contribution < -0.4 is 0 Å². The zero-order valence-electron chi connectivity index (χ0n) is 20.6. The summed E-state index contributed by atoms with van der Waals surface area (Å²) in [6.45, 7) is 8.24. The second-order valence-electron chi connectivity index (χ2n) is 10.8. The van der Waals surface area contributed by atoms with Crippen LogP contribution in [-0.2, 0) is 21.4 Å². The van der Waals surface area contributed by atoms with E-state index in [9.17, 15) is 9.18 Å². The maximum atomic E-state index is 15.0. The van der Waals surface area contributed by atoms with Crippen molar-refractivity contribution in [2.75, 3.05) is 26.8 Å². The Balaban J connectivity index is 1.50. The van der Waals surface area contributed by atoms with E-state index in [-0.39, 0.29) is 16.8 Å². The third kappa shape index (κ3) is 5.66. The van der Waals surface area contributed by atoms with E-state index < -0.39 is 17.4 Å². The summed E-state index contributed by atoms with van der Waals surface area (Å²) in [5.74, 6) is -0.989. The van der Waals surface area contributed by atoms with Gasteiger partial charge in [-0.25, -0.2) is 13.6 Å². The van der Waals surface area contributed by atoms with Crippen LogP contribution in [0.5, 0.6) is 0 Å². The highest BCUT2D eigenvalue weighted by Crippen LogP contribution is 2.43. The standard InChI is InChI=1S/C28H35F2NO3/c1-27(2,3)34-26(32)24-16-23(19-5-6-19)20(15-25(24)30)17-31-13-11-28(12-14-31,18-33-4)21-7-9-22(29)10-8-21/h7-10,15-16,19H,5-6,11-14,17-18H2,1-4H3. The molecule has 6 heteroatoms. The molecule has 1 aliphatic carbocycles. The quantitative estimate of drug-likeness (QED) is 0.466. The van der Waals surface area contributed by atoms with Gasteiger partial charge in [0.1, 0.15) is 17.2 Å². The molecule has 2 aromatic rings. The summed E-state index contributed by atoms with van der Waals surface area (Å²) >= 11 is 0. The molecule has 0 bridgehead atoms. The third-order valence-corrected chi connectivity index (χ3v) is 6.95. The van der Waals surface area contributed by atoms with Crippen molar-refractivity contribution in [1.82, 2.24) is 4.90 Å². The number of rotatable bonds is 7. The van der Waals surface area contributed by atoms with Gasteiger partial charge in [0, 0.05) is 19.1 Å². The van der Waals surface area contributed by atoms with Gasteiger partial charge >= 0.3 is 5.97 Å². The highest BCUT2D eigenvalue weighted by Gasteiger charge is 2.37. The van der Waals surface area contributed by atoms with E-state index in [2.05, 4.69) is 4.90 Å². The van der Waals surface area contributed by atoms with Crippen LogP contribution in [0.15, 0.2) is 36.4 Å². The number of ether oxygens (including phenoxy) is 2. The summed E-state index contributed by atoms with van der Waals surface area (Å²) in [6.07, 6.45) is 3.88. The first kappa shape index (κ1) is 24.8. The molecule has 34 heavy (non-hydrogen) atoms. The summed E-state index contributed by atoms with van der Waals surface area (Å²) in [6, 6.07) is 9.99. The van der Waals surface area contributed by atoms with Crippen molar-refractivity contribution in [3.8, 4) is 0 Å². The Hall–Kier alpha value is -2.31. The van der Waals surface area contributed by atoms with Crippen LogP contribution in [0.3, 0.4) is 0 Å². The molecule has 2 aliphatic rings. The predicted octanol–water partition coefficient (Wildman–Crippen LogP) is 5.98. The molecule has 1 saturated heterocycles. The van der Waals surface area contributed by atoms with Gasteiger partial charge in [-0.3, -0.25) is 4.90 Å². The van der Waals surface area contributed by atoms with E-state index in [1.165, 1.54) is 18.2 Å². The minimum Gasteiger partial charge on any atom is -0.456 e. The van der Waals surface area contributed by atoms with E-state index in [0.717, 1.165) is 55.5 Å². The highest BCUT2D eigenvalue weighted by molar-refractivity contribution is 5.90. The van der Waals surface area contributed by atoms with Crippen LogP contribution >= 0.6 is 0 Å². The van der Waals surface area contributed by atoms with Crippen LogP contribution in [0.4, 0.5) is 8.78 Å². The molecular formula is C28H35F2NO3. The molecule has 0 atom stereocenters. The lowest BCUT2D eigenvalue weighted by Crippen LogP contribution is -2.45. The molecule has 2 aromatic carbocycles. The Morgan fingerprint density at radius 1 is 1.09 bits per heavy atom. The summed E-state index contributed by atoms with van der Waals surface area (Å²) in [4.78, 5) is 14.9. The highest BCUT2D eigenvalue weighted by atomic mass is 19.1. The predicted molar refractivity (Wildman–Crippen MR) is 128 cm³/mol. The number of piperidine rings is 1. The second-order valence-corrected chi connectivity index (χ2v) is 10.8. The Morgan fingerprint density at radius 2 is 1.74 bits per heavy atom. The van der Waals surface area contributed by atoms with Crippen LogP contribution in [0.2, 0.25) is 0 Å². The molecule has 4 rings (SSSR count). The zero-order valence-corrected chi connectivity index (χ0v) is 20.6. The summed E-state index contributed by atoms with van der Waals surface area (Å²) in [7, 11) is 1.70. The van der Waals surface area contributed by atoms with Crippen LogP contribution in [-0.4, -0.2) is 43.3 Å². The van der Waals surface area contributed by atoms with Gasteiger partial charge in [0.2, 0.25) is 0 Å². The Labute approximate surface area is 201 Å². The van der Waals surface area contributed by atoms with Crippen molar-refractivity contribution in [2.45, 2.75) is 69.9 Å². The smallest absolute Gasteiger partial charge is 0.341 e. The number of hydrogen-bond acceptors (Lipinski definition) is 4. The topological polar surface area (TPSA) is 38.8 Å². The largest absolute Gasteiger partial charge is 0.456 e. The summed E-state index contributed by atoms with van der Waals surface area (Å²) < 4.78 is 39.5. The Morgan fingerprint density at radius 3 is 2.29 bits per heavy atom. The fourth-order valence-electron chi connectivity index (χ4n) is 5.01. The summed E-state index contributed by atoms with van der Waals surface area (Å²) in [5, 5.41) is 0. The third-order valence-electron chi connectivity index (χ3n) is 6.95. The monoisotopic (exact) mass is 471 g/mol. The molecule has 0 unspecified atom stereocenters. The molecule has 0 aromatic heterocycles. The molecule has 1 saturated carbocycles. The minimum absolute atomic E-state index is 0.0228. The van der Waals surface area contributed by atoms with E-state index in [1.54, 1.807) is 33.9 Å². The zero-order chi connectivity index (χ0) is 24.5. The molecule has 0 radical (unpaired) electrons. The van der Waals surface area contributed by atoms with Gasteiger partial charge in [-0.05, 0) is 106 Å². The van der Waals surface area contributed by atoms with Gasteiger partial charge in [0.05, 0.1) is 12.2 Å². The van der Waals surface area contributed by atoms with E-state index in [4.69, 9.17) is 9.47 Å². The van der Waals surface area contributed by atoms with Crippen molar-refractivity contribution in [3.05, 3.63) is 70.3 Å². The average Bonchev–Trinajstić information content (AvgIpc) is 3.60. The van der Waals surface area contributed by atoms with Crippen molar-refractivity contribution in [1.29, 1.82) is 0 Å². The van der Waals surface area contributed by atoms with Crippen molar-refractivity contribution >= 4 is 5.97 Å². The SMILES string of the molecule is COCC1(c2ccc(F)cc2)CCN(Cc2cc(F)c(C(=O)OC(C)(C)C)cc2C2CC2)CC1. The van der Waals surface area contributed by atoms with Crippen LogP contribution in [0, 0.1) is 11.6 Å². The first-order chi connectivity index (χ1) is 16.1. The number of hydrogen-bond donors (Lipinski definition) is 0. The number of esters is 1. The van der Waals surface area contributed by atoms with Crippen molar-refractivity contribution < 1.29 is 23.0 Å². The lowest BCUT2D eigenvalue weighted by molar-refractivity contribution is 0.00645. The first-order valence-corrected chi connectivity index (χ1v) is 12.1. The number of halogens is 2. The number of benzene rings is 2. The number of nitrogens with zero attached hydrogens (tertiary/aromatic N) is 1. The Kier molecular flexibility index (Phi) is 7.11. The Bertz CT molecular complexity index is 1020. The molecule has 4 nitrogen and oxygen atoms in total. The fourth-order valence-corrected chi connectivity index (χ4v) is 5.01. The normalized spacial score (nSPS) is 18.6. The number of methoxy groups -OCH3 is 1. The van der Waals surface area contributed by atoms with Crippen molar-refractivity contribution in [2.24, 2.45) is 0 Å². The van der Waals surface area contributed by atoms with Gasteiger partial charge in [-0.15, -0.1) is 0 Å². The van der Waals surface area contributed by atoms with E-state index in [0.29, 0.717) is 19.1 Å². The lowest BCUT2D eigenvalue weighted by Gasteiger charge is -2.42. The van der Waals surface area contributed by atoms with Gasteiger partial charge in [0.15, 0.2) is 0 Å². The van der Waals surface area contributed by atoms with Crippen LogP contribution in [0.1, 0.15) is 79.4 Å². The maximum absolute atomic E-state index is 15.0. The van der Waals surface area contributed by atoms with Gasteiger partial charge < -0.3 is 9.47 Å². The molecule has 0 amide bonds. The van der Waals surface area contributed by atoms with E-state index in [1.807, 2.05) is 12.1 Å². The molecular weight excluding hydrogens is 436 g/mol. The first-order valence-electron chi connectivity index (χ1n) is 12.1. The fraction of sp³-hybridized carbons (Fsp3) is 0.536. The number of carbonyl (C=O) groups is 1. The molecule has 184 valence electrons. The number of carbonyl (C=O) groups excluding carboxylic acids is 1. The van der Waals surface area contributed by atoms with Gasteiger partial charge in [-0.2, -0.15) is 0 Å². The van der Waals surface area contributed by atoms with Gasteiger partial charge in [-0.1, -0.05) is 12.1 Å². The lowest BCUT2D eigenvalue weighted by atomic mass is 9.73.